The van der Waals surface area contributed by atoms with Crippen LogP contribution in [0.5, 0.6) is 0 Å². The standard InChI is InChI=1S/C26H31N7O2/c1-5-28-17(2)26(35-4,18-10-7-6-8-11-18)25(34)32-24-22(27-3)14-13-20(31-24)19-16-30-33-21-12-9-15-29-23(19)21/h6-12,15-16,25,27,32,34H,5,13-14H2,1-4H3/b28-17+/t25?,26-/m0/s1. The number of benzene rings is 1. The molecule has 3 aromatic rings. The van der Waals surface area contributed by atoms with E-state index in [-0.39, 0.29) is 0 Å². The van der Waals surface area contributed by atoms with E-state index >= 15 is 0 Å². The van der Waals surface area contributed by atoms with Crippen LogP contribution in [-0.2, 0) is 10.3 Å². The predicted octanol–water partition coefficient (Wildman–Crippen LogP) is 2.93. The Morgan fingerprint density at radius 1 is 1.20 bits per heavy atom. The van der Waals surface area contributed by atoms with E-state index < -0.39 is 11.8 Å². The van der Waals surface area contributed by atoms with Crippen LogP contribution in [0.2, 0.25) is 0 Å². The number of aliphatic hydroxyl groups is 1. The highest BCUT2D eigenvalue weighted by Crippen LogP contribution is 2.32. The summed E-state index contributed by atoms with van der Waals surface area (Å²) in [6.45, 7) is 4.39. The zero-order chi connectivity index (χ0) is 24.8. The number of allylic oxidation sites excluding steroid dienone is 1. The lowest BCUT2D eigenvalue weighted by atomic mass is 9.86. The Balaban J connectivity index is 1.76. The van der Waals surface area contributed by atoms with Crippen LogP contribution in [0.15, 0.2) is 76.4 Å². The quantitative estimate of drug-likeness (QED) is 0.323. The number of pyridine rings is 1. The minimum atomic E-state index is -1.21. The summed E-state index contributed by atoms with van der Waals surface area (Å²) in [4.78, 5) is 14.0. The number of hydrogen-bond acceptors (Lipinski definition) is 9. The van der Waals surface area contributed by atoms with E-state index in [0.29, 0.717) is 36.4 Å². The van der Waals surface area contributed by atoms with E-state index in [1.165, 1.54) is 0 Å². The highest BCUT2D eigenvalue weighted by atomic mass is 16.5. The van der Waals surface area contributed by atoms with Crippen LogP contribution in [0.1, 0.15) is 37.8 Å². The fourth-order valence-electron chi connectivity index (χ4n) is 4.50. The number of methoxy groups -OCH3 is 1. The molecule has 0 saturated heterocycles. The SMILES string of the molecule is CC/N=C(\C)[C@](OC)(c1ccccc1)C(O)NC1=C(NC)CCC(c2cnnc3cccnc23)=N1. The highest BCUT2D eigenvalue weighted by Gasteiger charge is 2.44. The first-order valence-electron chi connectivity index (χ1n) is 11.7. The van der Waals surface area contributed by atoms with E-state index in [1.54, 1.807) is 19.5 Å². The molecule has 1 aromatic carbocycles. The molecule has 1 aliphatic rings. The van der Waals surface area contributed by atoms with Crippen molar-refractivity contribution in [2.75, 3.05) is 20.7 Å². The van der Waals surface area contributed by atoms with Gasteiger partial charge < -0.3 is 20.5 Å². The summed E-state index contributed by atoms with van der Waals surface area (Å²) in [6.07, 6.45) is 3.65. The number of ether oxygens (including phenoxy) is 1. The summed E-state index contributed by atoms with van der Waals surface area (Å²) >= 11 is 0. The number of rotatable bonds is 9. The molecule has 0 saturated carbocycles. The molecule has 9 heteroatoms. The van der Waals surface area contributed by atoms with Crippen LogP contribution >= 0.6 is 0 Å². The maximum atomic E-state index is 11.6. The molecule has 2 aromatic heterocycles. The minimum Gasteiger partial charge on any atom is -0.388 e. The third kappa shape index (κ3) is 4.65. The topological polar surface area (TPSA) is 117 Å². The average molecular weight is 474 g/mol. The van der Waals surface area contributed by atoms with Crippen molar-refractivity contribution in [3.8, 4) is 0 Å². The van der Waals surface area contributed by atoms with Gasteiger partial charge in [0.1, 0.15) is 16.9 Å². The van der Waals surface area contributed by atoms with E-state index in [0.717, 1.165) is 28.1 Å². The molecule has 0 spiro atoms. The third-order valence-corrected chi connectivity index (χ3v) is 6.27. The molecule has 3 N–H and O–H groups in total. The maximum Gasteiger partial charge on any atom is 0.174 e. The van der Waals surface area contributed by atoms with E-state index in [1.807, 2.05) is 63.4 Å². The smallest absolute Gasteiger partial charge is 0.174 e. The Kier molecular flexibility index (Phi) is 7.48. The zero-order valence-corrected chi connectivity index (χ0v) is 20.5. The molecule has 4 rings (SSSR count). The summed E-state index contributed by atoms with van der Waals surface area (Å²) in [7, 11) is 3.43. The van der Waals surface area contributed by atoms with Crippen LogP contribution in [0.25, 0.3) is 11.0 Å². The van der Waals surface area contributed by atoms with Crippen molar-refractivity contribution in [1.29, 1.82) is 0 Å². The zero-order valence-electron chi connectivity index (χ0n) is 20.5. The Morgan fingerprint density at radius 3 is 2.71 bits per heavy atom. The first-order chi connectivity index (χ1) is 17.0. The summed E-state index contributed by atoms with van der Waals surface area (Å²) in [5.41, 5.74) is 4.22. The molecule has 2 atom stereocenters. The second-order valence-electron chi connectivity index (χ2n) is 8.18. The van der Waals surface area contributed by atoms with Gasteiger partial charge in [-0.1, -0.05) is 30.3 Å². The van der Waals surface area contributed by atoms with Gasteiger partial charge in [0, 0.05) is 32.5 Å². The number of hydrogen-bond donors (Lipinski definition) is 3. The van der Waals surface area contributed by atoms with Gasteiger partial charge in [-0.15, -0.1) is 5.10 Å². The van der Waals surface area contributed by atoms with Gasteiger partial charge in [-0.25, -0.2) is 4.99 Å². The molecule has 35 heavy (non-hydrogen) atoms. The summed E-state index contributed by atoms with van der Waals surface area (Å²) in [5.74, 6) is 0.531. The first-order valence-corrected chi connectivity index (χ1v) is 11.7. The van der Waals surface area contributed by atoms with Crippen LogP contribution in [-0.4, -0.2) is 58.6 Å². The van der Waals surface area contributed by atoms with E-state index in [9.17, 15) is 5.11 Å². The molecule has 1 aliphatic heterocycles. The van der Waals surface area contributed by atoms with Gasteiger partial charge in [-0.2, -0.15) is 5.10 Å². The van der Waals surface area contributed by atoms with Crippen molar-refractivity contribution < 1.29 is 9.84 Å². The van der Waals surface area contributed by atoms with Crippen molar-refractivity contribution in [1.82, 2.24) is 25.8 Å². The second-order valence-corrected chi connectivity index (χ2v) is 8.18. The molecule has 1 unspecified atom stereocenters. The predicted molar refractivity (Wildman–Crippen MR) is 137 cm³/mol. The van der Waals surface area contributed by atoms with E-state index in [2.05, 4.69) is 30.8 Å². The highest BCUT2D eigenvalue weighted by molar-refractivity contribution is 6.09. The summed E-state index contributed by atoms with van der Waals surface area (Å²) < 4.78 is 6.02. The fourth-order valence-corrected chi connectivity index (χ4v) is 4.50. The molecular formula is C26H31N7O2. The normalized spacial score (nSPS) is 17.1. The number of nitrogens with zero attached hydrogens (tertiary/aromatic N) is 5. The van der Waals surface area contributed by atoms with Gasteiger partial charge >= 0.3 is 0 Å². The van der Waals surface area contributed by atoms with Crippen molar-refractivity contribution in [3.05, 3.63) is 77.5 Å². The monoisotopic (exact) mass is 473 g/mol. The largest absolute Gasteiger partial charge is 0.388 e. The molecule has 3 heterocycles. The maximum absolute atomic E-state index is 11.6. The Bertz CT molecular complexity index is 1270. The van der Waals surface area contributed by atoms with Crippen LogP contribution < -0.4 is 10.6 Å². The van der Waals surface area contributed by atoms with Gasteiger partial charge in [-0.3, -0.25) is 9.98 Å². The average Bonchev–Trinajstić information content (AvgIpc) is 2.90. The third-order valence-electron chi connectivity index (χ3n) is 6.27. The van der Waals surface area contributed by atoms with Crippen molar-refractivity contribution >= 4 is 22.5 Å². The molecule has 0 radical (unpaired) electrons. The molecule has 0 fully saturated rings. The lowest BCUT2D eigenvalue weighted by Crippen LogP contribution is -2.54. The first kappa shape index (κ1) is 24.4. The van der Waals surface area contributed by atoms with Gasteiger partial charge in [-0.05, 0) is 44.4 Å². The van der Waals surface area contributed by atoms with Gasteiger partial charge in [0.05, 0.1) is 23.3 Å². The van der Waals surface area contributed by atoms with Crippen molar-refractivity contribution in [2.24, 2.45) is 9.98 Å². The number of aliphatic hydroxyl groups excluding tert-OH is 1. The summed E-state index contributed by atoms with van der Waals surface area (Å²) in [6, 6.07) is 13.3. The number of fused-ring (bicyclic) bond motifs is 1. The molecule has 0 bridgehead atoms. The lowest BCUT2D eigenvalue weighted by Gasteiger charge is -2.38. The number of nitrogens with one attached hydrogen (secondary N) is 2. The second kappa shape index (κ2) is 10.7. The molecular weight excluding hydrogens is 442 g/mol. The fraction of sp³-hybridized carbons (Fsp3) is 0.346. The molecule has 182 valence electrons. The molecule has 0 amide bonds. The Hall–Kier alpha value is -3.69. The van der Waals surface area contributed by atoms with Crippen molar-refractivity contribution in [2.45, 2.75) is 38.5 Å². The van der Waals surface area contributed by atoms with Crippen LogP contribution in [0, 0.1) is 0 Å². The van der Waals surface area contributed by atoms with Crippen LogP contribution in [0.4, 0.5) is 0 Å². The lowest BCUT2D eigenvalue weighted by molar-refractivity contribution is -0.0707. The Labute approximate surface area is 205 Å². The summed E-state index contributed by atoms with van der Waals surface area (Å²) in [5, 5.41) is 26.4. The number of aromatic nitrogens is 3. The van der Waals surface area contributed by atoms with E-state index in [4.69, 9.17) is 9.73 Å². The molecule has 9 nitrogen and oxygen atoms in total. The minimum absolute atomic E-state index is 0.531. The Morgan fingerprint density at radius 2 is 2.00 bits per heavy atom. The molecule has 0 aliphatic carbocycles. The number of aliphatic imine (C=N–C) groups is 2. The van der Waals surface area contributed by atoms with Gasteiger partial charge in [0.15, 0.2) is 11.8 Å². The van der Waals surface area contributed by atoms with Crippen molar-refractivity contribution in [3.63, 3.8) is 0 Å². The van der Waals surface area contributed by atoms with Gasteiger partial charge in [0.25, 0.3) is 0 Å². The van der Waals surface area contributed by atoms with Crippen LogP contribution in [0.3, 0.4) is 0 Å². The van der Waals surface area contributed by atoms with Gasteiger partial charge in [0.2, 0.25) is 0 Å².